The second-order valence-corrected chi connectivity index (χ2v) is 7.06. The van der Waals surface area contributed by atoms with Crippen molar-refractivity contribution in [3.8, 4) is 5.69 Å². The van der Waals surface area contributed by atoms with Crippen LogP contribution >= 0.6 is 11.8 Å². The van der Waals surface area contributed by atoms with E-state index in [2.05, 4.69) is 45.1 Å². The van der Waals surface area contributed by atoms with Crippen LogP contribution in [0, 0.1) is 13.8 Å². The number of carbonyl (C=O) groups is 1. The second kappa shape index (κ2) is 7.78. The largest absolute Gasteiger partial charge is 0.323 e. The number of amides is 2. The summed E-state index contributed by atoms with van der Waals surface area (Å²) in [6, 6.07) is 7.23. The number of tetrazole rings is 1. The van der Waals surface area contributed by atoms with Crippen molar-refractivity contribution < 1.29 is 4.79 Å². The van der Waals surface area contributed by atoms with Gasteiger partial charge in [-0.3, -0.25) is 4.68 Å². The molecule has 0 aliphatic heterocycles. The van der Waals surface area contributed by atoms with Gasteiger partial charge in [0.15, 0.2) is 0 Å². The molecule has 2 heterocycles. The zero-order valence-corrected chi connectivity index (χ0v) is 16.7. The SMILES string of the molecule is CSc1nnnn1-c1cccc(NC(=O)Nc2c(C)nn(C(C)C)c2C)c1. The summed E-state index contributed by atoms with van der Waals surface area (Å²) in [5.41, 5.74) is 3.83. The molecule has 0 saturated carbocycles. The molecule has 1 aromatic carbocycles. The Morgan fingerprint density at radius 3 is 2.67 bits per heavy atom. The van der Waals surface area contributed by atoms with Gasteiger partial charge in [-0.25, -0.2) is 4.79 Å². The van der Waals surface area contributed by atoms with Gasteiger partial charge in [0.1, 0.15) is 0 Å². The highest BCUT2D eigenvalue weighted by atomic mass is 32.2. The summed E-state index contributed by atoms with van der Waals surface area (Å²) >= 11 is 1.44. The molecule has 142 valence electrons. The second-order valence-electron chi connectivity index (χ2n) is 6.29. The first-order chi connectivity index (χ1) is 12.9. The minimum absolute atomic E-state index is 0.223. The van der Waals surface area contributed by atoms with Crippen molar-refractivity contribution in [3.05, 3.63) is 35.7 Å². The van der Waals surface area contributed by atoms with Gasteiger partial charge >= 0.3 is 6.03 Å². The molecule has 0 spiro atoms. The third-order valence-electron chi connectivity index (χ3n) is 4.02. The predicted octanol–water partition coefficient (Wildman–Crippen LogP) is 3.42. The Hall–Kier alpha value is -2.88. The van der Waals surface area contributed by atoms with Crippen LogP contribution in [0.2, 0.25) is 0 Å². The third-order valence-corrected chi connectivity index (χ3v) is 4.64. The van der Waals surface area contributed by atoms with Gasteiger partial charge in [-0.05, 0) is 62.6 Å². The number of nitrogens with zero attached hydrogens (tertiary/aromatic N) is 6. The highest BCUT2D eigenvalue weighted by Crippen LogP contribution is 2.23. The summed E-state index contributed by atoms with van der Waals surface area (Å²) in [5.74, 6) is 0. The number of aromatic nitrogens is 6. The van der Waals surface area contributed by atoms with E-state index < -0.39 is 0 Å². The molecule has 0 saturated heterocycles. The van der Waals surface area contributed by atoms with Crippen molar-refractivity contribution in [2.45, 2.75) is 38.9 Å². The van der Waals surface area contributed by atoms with E-state index in [4.69, 9.17) is 0 Å². The molecule has 0 radical (unpaired) electrons. The molecule has 9 nitrogen and oxygen atoms in total. The molecule has 0 bridgehead atoms. The van der Waals surface area contributed by atoms with Gasteiger partial charge in [-0.15, -0.1) is 5.10 Å². The number of carbonyl (C=O) groups excluding carboxylic acids is 1. The number of nitrogens with one attached hydrogen (secondary N) is 2. The summed E-state index contributed by atoms with van der Waals surface area (Å²) in [6.07, 6.45) is 1.90. The number of rotatable bonds is 5. The molecule has 3 rings (SSSR count). The molecule has 27 heavy (non-hydrogen) atoms. The number of hydrogen-bond acceptors (Lipinski definition) is 6. The monoisotopic (exact) mass is 386 g/mol. The Balaban J connectivity index is 1.77. The molecule has 0 aliphatic rings. The minimum Gasteiger partial charge on any atom is -0.308 e. The van der Waals surface area contributed by atoms with Crippen molar-refractivity contribution in [3.63, 3.8) is 0 Å². The van der Waals surface area contributed by atoms with E-state index in [0.29, 0.717) is 10.8 Å². The molecule has 0 atom stereocenters. The first-order valence-corrected chi connectivity index (χ1v) is 9.69. The number of benzene rings is 1. The molecular weight excluding hydrogens is 364 g/mol. The van der Waals surface area contributed by atoms with E-state index in [1.165, 1.54) is 11.8 Å². The normalized spacial score (nSPS) is 11.0. The van der Waals surface area contributed by atoms with Crippen LogP contribution in [0.25, 0.3) is 5.69 Å². The predicted molar refractivity (Wildman–Crippen MR) is 106 cm³/mol. The zero-order chi connectivity index (χ0) is 19.6. The van der Waals surface area contributed by atoms with Crippen LogP contribution in [-0.2, 0) is 0 Å². The molecular formula is C17H22N8OS. The fourth-order valence-electron chi connectivity index (χ4n) is 2.81. The Morgan fingerprint density at radius 1 is 1.22 bits per heavy atom. The van der Waals surface area contributed by atoms with E-state index in [0.717, 1.165) is 22.8 Å². The van der Waals surface area contributed by atoms with Crippen molar-refractivity contribution >= 4 is 29.2 Å². The summed E-state index contributed by atoms with van der Waals surface area (Å²) in [4.78, 5) is 12.5. The maximum Gasteiger partial charge on any atom is 0.323 e. The average Bonchev–Trinajstić information content (AvgIpc) is 3.22. The lowest BCUT2D eigenvalue weighted by Gasteiger charge is -2.11. The first kappa shape index (κ1) is 18.9. The highest BCUT2D eigenvalue weighted by Gasteiger charge is 2.16. The maximum atomic E-state index is 12.5. The standard InChI is InChI=1S/C17H22N8OS/c1-10(2)24-12(4)15(11(3)21-24)19-16(26)18-13-7-6-8-14(9-13)25-17(27-5)20-22-23-25/h6-10H,1-5H3,(H2,18,19,26). The van der Waals surface area contributed by atoms with Crippen molar-refractivity contribution in [2.24, 2.45) is 0 Å². The number of aryl methyl sites for hydroxylation is 1. The number of thioether (sulfide) groups is 1. The number of urea groups is 1. The van der Waals surface area contributed by atoms with Crippen LogP contribution in [0.5, 0.6) is 0 Å². The maximum absolute atomic E-state index is 12.5. The molecule has 0 fully saturated rings. The minimum atomic E-state index is -0.330. The number of hydrogen-bond donors (Lipinski definition) is 2. The Labute approximate surface area is 161 Å². The summed E-state index contributed by atoms with van der Waals surface area (Å²) < 4.78 is 3.52. The molecule has 0 aliphatic carbocycles. The molecule has 0 unspecified atom stereocenters. The van der Waals surface area contributed by atoms with E-state index in [1.54, 1.807) is 4.68 Å². The van der Waals surface area contributed by atoms with Gasteiger partial charge in [0.25, 0.3) is 0 Å². The van der Waals surface area contributed by atoms with E-state index >= 15 is 0 Å². The van der Waals surface area contributed by atoms with Crippen molar-refractivity contribution in [1.29, 1.82) is 0 Å². The van der Waals surface area contributed by atoms with E-state index in [-0.39, 0.29) is 12.1 Å². The first-order valence-electron chi connectivity index (χ1n) is 8.47. The molecule has 2 aromatic heterocycles. The van der Waals surface area contributed by atoms with Crippen LogP contribution in [0.1, 0.15) is 31.3 Å². The fraction of sp³-hybridized carbons (Fsp3) is 0.353. The fourth-order valence-corrected chi connectivity index (χ4v) is 3.24. The van der Waals surface area contributed by atoms with Gasteiger partial charge in [0.05, 0.1) is 22.8 Å². The van der Waals surface area contributed by atoms with Crippen LogP contribution < -0.4 is 10.6 Å². The summed E-state index contributed by atoms with van der Waals surface area (Å²) in [6.45, 7) is 7.93. The molecule has 2 N–H and O–H groups in total. The van der Waals surface area contributed by atoms with Gasteiger partial charge in [-0.2, -0.15) is 9.78 Å². The summed E-state index contributed by atoms with van der Waals surface area (Å²) in [5, 5.41) is 22.5. The average molecular weight is 386 g/mol. The summed E-state index contributed by atoms with van der Waals surface area (Å²) in [7, 11) is 0. The Kier molecular flexibility index (Phi) is 5.45. The highest BCUT2D eigenvalue weighted by molar-refractivity contribution is 7.98. The topological polar surface area (TPSA) is 103 Å². The van der Waals surface area contributed by atoms with Gasteiger partial charge in [-0.1, -0.05) is 17.8 Å². The van der Waals surface area contributed by atoms with Gasteiger partial charge in [0.2, 0.25) is 5.16 Å². The van der Waals surface area contributed by atoms with Gasteiger partial charge < -0.3 is 10.6 Å². The molecule has 10 heteroatoms. The van der Waals surface area contributed by atoms with Crippen molar-refractivity contribution in [1.82, 2.24) is 30.0 Å². The quantitative estimate of drug-likeness (QED) is 0.651. The molecule has 3 aromatic rings. The lowest BCUT2D eigenvalue weighted by Crippen LogP contribution is -2.20. The smallest absolute Gasteiger partial charge is 0.308 e. The van der Waals surface area contributed by atoms with Crippen LogP contribution in [-0.4, -0.2) is 42.3 Å². The van der Waals surface area contributed by atoms with Gasteiger partial charge in [0, 0.05) is 11.7 Å². The van der Waals surface area contributed by atoms with Crippen LogP contribution in [0.3, 0.4) is 0 Å². The van der Waals surface area contributed by atoms with Crippen molar-refractivity contribution in [2.75, 3.05) is 16.9 Å². The van der Waals surface area contributed by atoms with Crippen LogP contribution in [0.4, 0.5) is 16.2 Å². The Bertz CT molecular complexity index is 962. The molecule has 2 amide bonds. The number of anilines is 2. The van der Waals surface area contributed by atoms with E-state index in [1.807, 2.05) is 49.1 Å². The lowest BCUT2D eigenvalue weighted by atomic mass is 10.2. The lowest BCUT2D eigenvalue weighted by molar-refractivity contribution is 0.262. The Morgan fingerprint density at radius 2 is 2.00 bits per heavy atom. The van der Waals surface area contributed by atoms with E-state index in [9.17, 15) is 4.79 Å². The third kappa shape index (κ3) is 3.95. The van der Waals surface area contributed by atoms with Crippen LogP contribution in [0.15, 0.2) is 29.4 Å². The zero-order valence-electron chi connectivity index (χ0n) is 15.9.